The molecule has 1 aliphatic carbocycles. The van der Waals surface area contributed by atoms with Gasteiger partial charge in [0.15, 0.2) is 0 Å². The van der Waals surface area contributed by atoms with Crippen molar-refractivity contribution in [2.75, 3.05) is 13.7 Å². The van der Waals surface area contributed by atoms with Crippen molar-refractivity contribution >= 4 is 17.8 Å². The Morgan fingerprint density at radius 1 is 1.11 bits per heavy atom. The summed E-state index contributed by atoms with van der Waals surface area (Å²) in [5.41, 5.74) is 0.979. The molecule has 1 aromatic rings. The zero-order valence-electron chi connectivity index (χ0n) is 15.9. The first kappa shape index (κ1) is 19.4. The molecular formula is C21H28N2O4. The van der Waals surface area contributed by atoms with E-state index in [0.29, 0.717) is 13.0 Å². The number of carbonyl (C=O) groups is 3. The Balaban J connectivity index is 1.79. The lowest BCUT2D eigenvalue weighted by atomic mass is 9.92. The number of rotatable bonds is 6. The second-order valence-corrected chi connectivity index (χ2v) is 7.40. The maximum atomic E-state index is 13.3. The standard InChI is InChI=1S/C21H28N2O4/c1-27-20(25)13-12-18-21(26)22(17-10-6-3-7-11-17)15-19(24)23(18)14-16-8-4-2-5-9-16/h2,4-5,8-9,17-18H,3,6-7,10-15H2,1H3/t18-/m0/s1. The molecular weight excluding hydrogens is 344 g/mol. The van der Waals surface area contributed by atoms with E-state index in [1.54, 1.807) is 9.80 Å². The van der Waals surface area contributed by atoms with Gasteiger partial charge in [0.05, 0.1) is 7.11 Å². The largest absolute Gasteiger partial charge is 0.469 e. The second-order valence-electron chi connectivity index (χ2n) is 7.40. The summed E-state index contributed by atoms with van der Waals surface area (Å²) in [6.07, 6.45) is 5.74. The van der Waals surface area contributed by atoms with Gasteiger partial charge in [-0.2, -0.15) is 0 Å². The van der Waals surface area contributed by atoms with Crippen molar-refractivity contribution in [3.05, 3.63) is 35.9 Å². The van der Waals surface area contributed by atoms with Crippen molar-refractivity contribution < 1.29 is 19.1 Å². The fourth-order valence-electron chi connectivity index (χ4n) is 4.13. The number of esters is 1. The summed E-state index contributed by atoms with van der Waals surface area (Å²) < 4.78 is 4.73. The van der Waals surface area contributed by atoms with Gasteiger partial charge in [-0.3, -0.25) is 14.4 Å². The number of benzene rings is 1. The molecule has 0 radical (unpaired) electrons. The van der Waals surface area contributed by atoms with Gasteiger partial charge in [0.2, 0.25) is 11.8 Å². The Bertz CT molecular complexity index is 670. The van der Waals surface area contributed by atoms with Gasteiger partial charge in [-0.1, -0.05) is 49.6 Å². The average Bonchev–Trinajstić information content (AvgIpc) is 2.71. The maximum absolute atomic E-state index is 13.3. The van der Waals surface area contributed by atoms with Crippen LogP contribution in [0.3, 0.4) is 0 Å². The van der Waals surface area contributed by atoms with Gasteiger partial charge in [-0.05, 0) is 24.8 Å². The Morgan fingerprint density at radius 3 is 2.48 bits per heavy atom. The van der Waals surface area contributed by atoms with Gasteiger partial charge < -0.3 is 14.5 Å². The molecule has 1 saturated heterocycles. The first-order chi connectivity index (χ1) is 13.1. The fraction of sp³-hybridized carbons (Fsp3) is 0.571. The van der Waals surface area contributed by atoms with Crippen LogP contribution in [-0.2, 0) is 25.7 Å². The topological polar surface area (TPSA) is 66.9 Å². The van der Waals surface area contributed by atoms with E-state index in [4.69, 9.17) is 4.74 Å². The molecule has 27 heavy (non-hydrogen) atoms. The molecule has 6 nitrogen and oxygen atoms in total. The summed E-state index contributed by atoms with van der Waals surface area (Å²) in [6, 6.07) is 9.20. The molecule has 3 rings (SSSR count). The number of hydrogen-bond donors (Lipinski definition) is 0. The summed E-state index contributed by atoms with van der Waals surface area (Å²) in [7, 11) is 1.34. The molecule has 0 unspecified atom stereocenters. The van der Waals surface area contributed by atoms with E-state index in [0.717, 1.165) is 31.2 Å². The van der Waals surface area contributed by atoms with Crippen LogP contribution in [0.2, 0.25) is 0 Å². The summed E-state index contributed by atoms with van der Waals surface area (Å²) in [5.74, 6) is -0.426. The van der Waals surface area contributed by atoms with Crippen LogP contribution in [0.4, 0.5) is 0 Å². The molecule has 1 atom stereocenters. The minimum Gasteiger partial charge on any atom is -0.469 e. The van der Waals surface area contributed by atoms with Crippen molar-refractivity contribution in [3.63, 3.8) is 0 Å². The molecule has 1 heterocycles. The van der Waals surface area contributed by atoms with Crippen molar-refractivity contribution in [1.82, 2.24) is 9.80 Å². The third-order valence-electron chi connectivity index (χ3n) is 5.63. The van der Waals surface area contributed by atoms with Crippen LogP contribution in [0.15, 0.2) is 30.3 Å². The van der Waals surface area contributed by atoms with Gasteiger partial charge in [0, 0.05) is 19.0 Å². The minimum atomic E-state index is -0.604. The van der Waals surface area contributed by atoms with Crippen LogP contribution in [0.5, 0.6) is 0 Å². The number of nitrogens with zero attached hydrogens (tertiary/aromatic N) is 2. The third-order valence-corrected chi connectivity index (χ3v) is 5.63. The summed E-state index contributed by atoms with van der Waals surface area (Å²) >= 11 is 0. The van der Waals surface area contributed by atoms with Crippen LogP contribution in [0.25, 0.3) is 0 Å². The molecule has 6 heteroatoms. The monoisotopic (exact) mass is 372 g/mol. The second kappa shape index (κ2) is 9.02. The number of ether oxygens (including phenoxy) is 1. The quantitative estimate of drug-likeness (QED) is 0.720. The first-order valence-corrected chi connectivity index (χ1v) is 9.81. The maximum Gasteiger partial charge on any atom is 0.305 e. The van der Waals surface area contributed by atoms with E-state index in [-0.39, 0.29) is 36.8 Å². The number of amides is 2. The summed E-state index contributed by atoms with van der Waals surface area (Å²) in [4.78, 5) is 41.2. The minimum absolute atomic E-state index is 0.0265. The van der Waals surface area contributed by atoms with Crippen molar-refractivity contribution in [2.45, 2.75) is 63.6 Å². The first-order valence-electron chi connectivity index (χ1n) is 9.81. The predicted octanol–water partition coefficient (Wildman–Crippen LogP) is 2.51. The van der Waals surface area contributed by atoms with Crippen LogP contribution >= 0.6 is 0 Å². The van der Waals surface area contributed by atoms with Crippen molar-refractivity contribution in [3.8, 4) is 0 Å². The molecule has 0 bridgehead atoms. The molecule has 1 aliphatic heterocycles. The number of carbonyl (C=O) groups excluding carboxylic acids is 3. The third kappa shape index (κ3) is 4.67. The molecule has 0 aromatic heterocycles. The van der Waals surface area contributed by atoms with Crippen molar-refractivity contribution in [1.29, 1.82) is 0 Å². The van der Waals surface area contributed by atoms with Gasteiger partial charge in [-0.15, -0.1) is 0 Å². The summed E-state index contributed by atoms with van der Waals surface area (Å²) in [6.45, 7) is 0.529. The van der Waals surface area contributed by atoms with E-state index < -0.39 is 6.04 Å². The Labute approximate surface area is 160 Å². The van der Waals surface area contributed by atoms with Gasteiger partial charge in [0.1, 0.15) is 12.6 Å². The van der Waals surface area contributed by atoms with E-state index in [1.807, 2.05) is 30.3 Å². The zero-order chi connectivity index (χ0) is 19.2. The number of piperazine rings is 1. The van der Waals surface area contributed by atoms with Gasteiger partial charge in [0.25, 0.3) is 0 Å². The molecule has 1 saturated carbocycles. The van der Waals surface area contributed by atoms with Crippen molar-refractivity contribution in [2.24, 2.45) is 0 Å². The van der Waals surface area contributed by atoms with Crippen LogP contribution in [0.1, 0.15) is 50.5 Å². The summed E-state index contributed by atoms with van der Waals surface area (Å²) in [5, 5.41) is 0. The highest BCUT2D eigenvalue weighted by atomic mass is 16.5. The normalized spacial score (nSPS) is 21.4. The molecule has 2 fully saturated rings. The molecule has 146 valence electrons. The van der Waals surface area contributed by atoms with E-state index >= 15 is 0 Å². The molecule has 0 N–H and O–H groups in total. The lowest BCUT2D eigenvalue weighted by molar-refractivity contribution is -0.160. The Kier molecular flexibility index (Phi) is 6.48. The average molecular weight is 372 g/mol. The highest BCUT2D eigenvalue weighted by molar-refractivity contribution is 5.95. The molecule has 2 amide bonds. The highest BCUT2D eigenvalue weighted by Crippen LogP contribution is 2.28. The predicted molar refractivity (Wildman–Crippen MR) is 101 cm³/mol. The van der Waals surface area contributed by atoms with Gasteiger partial charge in [-0.25, -0.2) is 0 Å². The highest BCUT2D eigenvalue weighted by Gasteiger charge is 2.42. The lowest BCUT2D eigenvalue weighted by Crippen LogP contribution is -2.62. The molecule has 2 aliphatic rings. The smallest absolute Gasteiger partial charge is 0.305 e. The number of methoxy groups -OCH3 is 1. The van der Waals surface area contributed by atoms with Gasteiger partial charge >= 0.3 is 5.97 Å². The Morgan fingerprint density at radius 2 is 1.81 bits per heavy atom. The SMILES string of the molecule is COC(=O)CC[C@H]1C(=O)N(C2CCCCC2)CC(=O)N1Cc1ccccc1. The Hall–Kier alpha value is -2.37. The lowest BCUT2D eigenvalue weighted by Gasteiger charge is -2.44. The van der Waals surface area contributed by atoms with Crippen LogP contribution in [-0.4, -0.2) is 53.3 Å². The molecule has 0 spiro atoms. The van der Waals surface area contributed by atoms with E-state index in [9.17, 15) is 14.4 Å². The van der Waals surface area contributed by atoms with Crippen LogP contribution in [0, 0.1) is 0 Å². The van der Waals surface area contributed by atoms with E-state index in [2.05, 4.69) is 0 Å². The molecule has 1 aromatic carbocycles. The zero-order valence-corrected chi connectivity index (χ0v) is 15.9. The van der Waals surface area contributed by atoms with Crippen LogP contribution < -0.4 is 0 Å². The fourth-order valence-corrected chi connectivity index (χ4v) is 4.13. The van der Waals surface area contributed by atoms with E-state index in [1.165, 1.54) is 13.5 Å². The number of hydrogen-bond acceptors (Lipinski definition) is 4.